The fourth-order valence-corrected chi connectivity index (χ4v) is 3.14. The third-order valence-corrected chi connectivity index (χ3v) is 4.43. The van der Waals surface area contributed by atoms with Crippen LogP contribution in [0, 0.1) is 11.3 Å². The Morgan fingerprint density at radius 1 is 1.33 bits per heavy atom. The lowest BCUT2D eigenvalue weighted by atomic mass is 10.0. The molecule has 1 saturated heterocycles. The predicted molar refractivity (Wildman–Crippen MR) is 85.4 cm³/mol. The maximum atomic E-state index is 9.46. The molecule has 1 aromatic heterocycles. The Kier molecular flexibility index (Phi) is 3.76. The zero-order valence-electron chi connectivity index (χ0n) is 12.6. The minimum absolute atomic E-state index is 0.539. The maximum Gasteiger partial charge on any atom is 0.103 e. The van der Waals surface area contributed by atoms with Gasteiger partial charge in [-0.3, -0.25) is 9.88 Å². The van der Waals surface area contributed by atoms with Gasteiger partial charge in [-0.2, -0.15) is 5.26 Å². The smallest absolute Gasteiger partial charge is 0.103 e. The van der Waals surface area contributed by atoms with Gasteiger partial charge in [0.1, 0.15) is 6.07 Å². The van der Waals surface area contributed by atoms with Crippen molar-refractivity contribution in [2.24, 2.45) is 0 Å². The maximum absolute atomic E-state index is 9.46. The molecule has 0 saturated carbocycles. The van der Waals surface area contributed by atoms with E-state index in [1.165, 1.54) is 0 Å². The third kappa shape index (κ3) is 2.45. The lowest BCUT2D eigenvalue weighted by Gasteiger charge is -2.40. The molecule has 3 rings (SSSR count). The second-order valence-corrected chi connectivity index (χ2v) is 5.64. The quantitative estimate of drug-likeness (QED) is 0.848. The van der Waals surface area contributed by atoms with Crippen LogP contribution in [-0.2, 0) is 0 Å². The SMILES string of the molecule is CCC1CN(c2c(C#N)cnc3ccccc23)CCN1C. The summed E-state index contributed by atoms with van der Waals surface area (Å²) in [5.41, 5.74) is 2.68. The third-order valence-electron chi connectivity index (χ3n) is 4.43. The highest BCUT2D eigenvalue weighted by Gasteiger charge is 2.25. The Morgan fingerprint density at radius 3 is 2.90 bits per heavy atom. The Balaban J connectivity index is 2.09. The molecule has 1 aliphatic rings. The van der Waals surface area contributed by atoms with Crippen molar-refractivity contribution < 1.29 is 0 Å². The highest BCUT2D eigenvalue weighted by molar-refractivity contribution is 5.94. The molecule has 1 fully saturated rings. The monoisotopic (exact) mass is 280 g/mol. The van der Waals surface area contributed by atoms with Crippen molar-refractivity contribution in [1.29, 1.82) is 5.26 Å². The molecular formula is C17H20N4. The van der Waals surface area contributed by atoms with Gasteiger partial charge in [0, 0.05) is 37.3 Å². The number of para-hydroxylation sites is 1. The van der Waals surface area contributed by atoms with E-state index in [2.05, 4.69) is 40.9 Å². The Labute approximate surface area is 125 Å². The predicted octanol–water partition coefficient (Wildman–Crippen LogP) is 2.64. The van der Waals surface area contributed by atoms with Crippen molar-refractivity contribution in [3.05, 3.63) is 36.0 Å². The summed E-state index contributed by atoms with van der Waals surface area (Å²) in [6.45, 7) is 5.17. The number of nitriles is 1. The highest BCUT2D eigenvalue weighted by Crippen LogP contribution is 2.30. The molecule has 0 N–H and O–H groups in total. The number of rotatable bonds is 2. The van der Waals surface area contributed by atoms with Gasteiger partial charge in [0.2, 0.25) is 0 Å². The number of benzene rings is 1. The molecule has 1 atom stereocenters. The van der Waals surface area contributed by atoms with Gasteiger partial charge >= 0.3 is 0 Å². The average Bonchev–Trinajstić information content (AvgIpc) is 2.54. The number of hydrogen-bond acceptors (Lipinski definition) is 4. The largest absolute Gasteiger partial charge is 0.367 e. The van der Waals surface area contributed by atoms with E-state index < -0.39 is 0 Å². The number of pyridine rings is 1. The van der Waals surface area contributed by atoms with E-state index in [0.717, 1.165) is 42.6 Å². The number of hydrogen-bond donors (Lipinski definition) is 0. The van der Waals surface area contributed by atoms with E-state index in [1.807, 2.05) is 18.2 Å². The summed E-state index contributed by atoms with van der Waals surface area (Å²) >= 11 is 0. The van der Waals surface area contributed by atoms with Crippen LogP contribution in [0.5, 0.6) is 0 Å². The van der Waals surface area contributed by atoms with E-state index >= 15 is 0 Å². The van der Waals surface area contributed by atoms with Crippen molar-refractivity contribution in [2.75, 3.05) is 31.6 Å². The first kappa shape index (κ1) is 13.8. The number of aromatic nitrogens is 1. The number of fused-ring (bicyclic) bond motifs is 1. The van der Waals surface area contributed by atoms with Crippen LogP contribution in [0.25, 0.3) is 10.9 Å². The molecule has 2 heterocycles. The van der Waals surface area contributed by atoms with E-state index in [-0.39, 0.29) is 0 Å². The van der Waals surface area contributed by atoms with E-state index in [1.54, 1.807) is 6.20 Å². The molecule has 1 aliphatic heterocycles. The van der Waals surface area contributed by atoms with Crippen molar-refractivity contribution in [1.82, 2.24) is 9.88 Å². The molecule has 1 aromatic carbocycles. The van der Waals surface area contributed by atoms with Crippen LogP contribution < -0.4 is 4.90 Å². The van der Waals surface area contributed by atoms with Crippen LogP contribution in [0.1, 0.15) is 18.9 Å². The van der Waals surface area contributed by atoms with Gasteiger partial charge in [-0.1, -0.05) is 25.1 Å². The molecule has 2 aromatic rings. The van der Waals surface area contributed by atoms with Gasteiger partial charge < -0.3 is 4.90 Å². The van der Waals surface area contributed by atoms with Gasteiger partial charge in [0.15, 0.2) is 0 Å². The van der Waals surface area contributed by atoms with Crippen molar-refractivity contribution in [2.45, 2.75) is 19.4 Å². The van der Waals surface area contributed by atoms with Crippen molar-refractivity contribution in [3.8, 4) is 6.07 Å². The minimum Gasteiger partial charge on any atom is -0.367 e. The van der Waals surface area contributed by atoms with Crippen LogP contribution in [-0.4, -0.2) is 42.6 Å². The summed E-state index contributed by atoms with van der Waals surface area (Å²) in [4.78, 5) is 9.17. The van der Waals surface area contributed by atoms with Crippen molar-refractivity contribution >= 4 is 16.6 Å². The minimum atomic E-state index is 0.539. The van der Waals surface area contributed by atoms with Crippen LogP contribution in [0.2, 0.25) is 0 Å². The highest BCUT2D eigenvalue weighted by atomic mass is 15.3. The second kappa shape index (κ2) is 5.71. The summed E-state index contributed by atoms with van der Waals surface area (Å²) in [5.74, 6) is 0. The second-order valence-electron chi connectivity index (χ2n) is 5.64. The molecule has 108 valence electrons. The number of piperazine rings is 1. The lowest BCUT2D eigenvalue weighted by molar-refractivity contribution is 0.213. The molecule has 4 nitrogen and oxygen atoms in total. The topological polar surface area (TPSA) is 43.2 Å². The summed E-state index contributed by atoms with van der Waals surface area (Å²) in [5, 5.41) is 10.5. The van der Waals surface area contributed by atoms with Gasteiger partial charge in [-0.25, -0.2) is 0 Å². The van der Waals surface area contributed by atoms with Crippen LogP contribution in [0.15, 0.2) is 30.5 Å². The van der Waals surface area contributed by atoms with Gasteiger partial charge in [-0.05, 0) is 19.5 Å². The fraction of sp³-hybridized carbons (Fsp3) is 0.412. The molecule has 4 heteroatoms. The van der Waals surface area contributed by atoms with Crippen LogP contribution in [0.3, 0.4) is 0 Å². The normalized spacial score (nSPS) is 19.7. The number of anilines is 1. The summed E-state index contributed by atoms with van der Waals surface area (Å²) < 4.78 is 0. The summed E-state index contributed by atoms with van der Waals surface area (Å²) in [6.07, 6.45) is 2.83. The molecule has 0 spiro atoms. The average molecular weight is 280 g/mol. The Bertz CT molecular complexity index is 689. The first-order chi connectivity index (χ1) is 10.2. The van der Waals surface area contributed by atoms with Crippen LogP contribution >= 0.6 is 0 Å². The molecule has 1 unspecified atom stereocenters. The van der Waals surface area contributed by atoms with Crippen molar-refractivity contribution in [3.63, 3.8) is 0 Å². The molecule has 0 aliphatic carbocycles. The van der Waals surface area contributed by atoms with Gasteiger partial charge in [0.05, 0.1) is 16.8 Å². The number of likely N-dealkylation sites (N-methyl/N-ethyl adjacent to an activating group) is 1. The standard InChI is InChI=1S/C17H20N4/c1-3-14-12-21(9-8-20(14)2)17-13(10-18)11-19-16-7-5-4-6-15(16)17/h4-7,11,14H,3,8-9,12H2,1-2H3. The van der Waals surface area contributed by atoms with Crippen LogP contribution in [0.4, 0.5) is 5.69 Å². The first-order valence-electron chi connectivity index (χ1n) is 7.47. The molecule has 0 amide bonds. The number of nitrogens with zero attached hydrogens (tertiary/aromatic N) is 4. The van der Waals surface area contributed by atoms with E-state index in [4.69, 9.17) is 0 Å². The molecule has 21 heavy (non-hydrogen) atoms. The van der Waals surface area contributed by atoms with E-state index in [0.29, 0.717) is 11.6 Å². The molecule has 0 bridgehead atoms. The zero-order valence-corrected chi connectivity index (χ0v) is 12.6. The lowest BCUT2D eigenvalue weighted by Crippen LogP contribution is -2.51. The Hall–Kier alpha value is -2.12. The first-order valence-corrected chi connectivity index (χ1v) is 7.47. The molecule has 0 radical (unpaired) electrons. The Morgan fingerprint density at radius 2 is 2.14 bits per heavy atom. The van der Waals surface area contributed by atoms with Gasteiger partial charge in [-0.15, -0.1) is 0 Å². The fourth-order valence-electron chi connectivity index (χ4n) is 3.14. The molecular weight excluding hydrogens is 260 g/mol. The van der Waals surface area contributed by atoms with Gasteiger partial charge in [0.25, 0.3) is 0 Å². The van der Waals surface area contributed by atoms with E-state index in [9.17, 15) is 5.26 Å². The summed E-state index contributed by atoms with van der Waals surface area (Å²) in [6, 6.07) is 10.9. The summed E-state index contributed by atoms with van der Waals surface area (Å²) in [7, 11) is 2.18. The zero-order chi connectivity index (χ0) is 14.8.